The molecule has 0 bridgehead atoms. The van der Waals surface area contributed by atoms with Crippen LogP contribution in [0.3, 0.4) is 0 Å². The number of nitrogens with one attached hydrogen (secondary N) is 1. The maximum absolute atomic E-state index is 12.9. The zero-order valence-corrected chi connectivity index (χ0v) is 11.2. The van der Waals surface area contributed by atoms with Crippen LogP contribution >= 0.6 is 0 Å². The first-order valence-electron chi connectivity index (χ1n) is 6.21. The van der Waals surface area contributed by atoms with Gasteiger partial charge in [0.1, 0.15) is 11.9 Å². The van der Waals surface area contributed by atoms with E-state index >= 15 is 0 Å². The lowest BCUT2D eigenvalue weighted by Crippen LogP contribution is -2.27. The number of nitro benzene ring substituents is 1. The Balaban J connectivity index is 2.19. The Morgan fingerprint density at radius 3 is 2.55 bits per heavy atom. The normalized spacial score (nSPS) is 11.3. The third-order valence-corrected chi connectivity index (χ3v) is 2.93. The molecule has 1 N–H and O–H groups in total. The van der Waals surface area contributed by atoms with Crippen LogP contribution in [0.15, 0.2) is 48.5 Å². The lowest BCUT2D eigenvalue weighted by Gasteiger charge is -2.12. The number of carbonyl (C=O) groups excluding carboxylic acids is 1. The summed E-state index contributed by atoms with van der Waals surface area (Å²) in [6.45, 7) is 0. The van der Waals surface area contributed by atoms with Gasteiger partial charge in [-0.05, 0) is 23.8 Å². The minimum Gasteiger partial charge on any atom is -0.332 e. The summed E-state index contributed by atoms with van der Waals surface area (Å²) < 4.78 is 12.9. The summed E-state index contributed by atoms with van der Waals surface area (Å²) in [7, 11) is 0. The summed E-state index contributed by atoms with van der Waals surface area (Å²) in [5.41, 5.74) is 0.266. The van der Waals surface area contributed by atoms with Crippen molar-refractivity contribution in [2.75, 3.05) is 0 Å². The van der Waals surface area contributed by atoms with E-state index in [0.717, 1.165) is 6.07 Å². The topological polar surface area (TPSA) is 96.0 Å². The number of nitriles is 1. The van der Waals surface area contributed by atoms with Gasteiger partial charge in [0, 0.05) is 17.7 Å². The van der Waals surface area contributed by atoms with Crippen molar-refractivity contribution in [3.8, 4) is 6.07 Å². The van der Waals surface area contributed by atoms with E-state index in [1.165, 1.54) is 42.5 Å². The largest absolute Gasteiger partial charge is 0.332 e. The SMILES string of the molecule is N#C[C@@H](NC(=O)c1cccc([N+](=O)[O-])c1)c1ccc(F)cc1. The minimum absolute atomic E-state index is 0.0663. The van der Waals surface area contributed by atoms with Gasteiger partial charge < -0.3 is 5.32 Å². The Kier molecular flexibility index (Phi) is 4.44. The number of rotatable bonds is 4. The number of carbonyl (C=O) groups is 1. The molecule has 0 aliphatic carbocycles. The summed E-state index contributed by atoms with van der Waals surface area (Å²) in [4.78, 5) is 22.2. The van der Waals surface area contributed by atoms with Crippen LogP contribution in [0.4, 0.5) is 10.1 Å². The standard InChI is InChI=1S/C15H10FN3O3/c16-12-6-4-10(5-7-12)14(9-17)18-15(20)11-2-1-3-13(8-11)19(21)22/h1-8,14H,(H,18,20)/t14-/m1/s1. The minimum atomic E-state index is -0.979. The van der Waals surface area contributed by atoms with E-state index in [9.17, 15) is 19.3 Å². The number of hydrogen-bond donors (Lipinski definition) is 1. The van der Waals surface area contributed by atoms with Crippen LogP contribution in [0.1, 0.15) is 22.0 Å². The highest BCUT2D eigenvalue weighted by molar-refractivity contribution is 5.95. The van der Waals surface area contributed by atoms with Gasteiger partial charge in [-0.25, -0.2) is 4.39 Å². The Hall–Kier alpha value is -3.27. The van der Waals surface area contributed by atoms with Crippen LogP contribution in [0.25, 0.3) is 0 Å². The number of halogens is 1. The first-order chi connectivity index (χ1) is 10.5. The van der Waals surface area contributed by atoms with Crippen molar-refractivity contribution >= 4 is 11.6 Å². The van der Waals surface area contributed by atoms with Gasteiger partial charge in [0.05, 0.1) is 11.0 Å². The van der Waals surface area contributed by atoms with Gasteiger partial charge in [-0.3, -0.25) is 14.9 Å². The molecule has 0 aliphatic heterocycles. The highest BCUT2D eigenvalue weighted by Crippen LogP contribution is 2.16. The predicted molar refractivity (Wildman–Crippen MR) is 75.3 cm³/mol. The molecule has 1 atom stereocenters. The second kappa shape index (κ2) is 6.45. The predicted octanol–water partition coefficient (Wildman–Crippen LogP) is 2.73. The van der Waals surface area contributed by atoms with Crippen LogP contribution in [0, 0.1) is 27.3 Å². The first kappa shape index (κ1) is 15.1. The van der Waals surface area contributed by atoms with Crippen molar-refractivity contribution in [3.05, 3.63) is 75.6 Å². The fraction of sp³-hybridized carbons (Fsp3) is 0.0667. The molecule has 22 heavy (non-hydrogen) atoms. The van der Waals surface area contributed by atoms with Crippen LogP contribution < -0.4 is 5.32 Å². The zero-order valence-electron chi connectivity index (χ0n) is 11.2. The molecule has 0 fully saturated rings. The molecule has 6 nitrogen and oxygen atoms in total. The van der Waals surface area contributed by atoms with E-state index in [4.69, 9.17) is 5.26 Å². The second-order valence-corrected chi connectivity index (χ2v) is 4.39. The van der Waals surface area contributed by atoms with Gasteiger partial charge in [0.15, 0.2) is 0 Å². The average molecular weight is 299 g/mol. The van der Waals surface area contributed by atoms with Crippen molar-refractivity contribution in [3.63, 3.8) is 0 Å². The van der Waals surface area contributed by atoms with E-state index in [-0.39, 0.29) is 11.3 Å². The highest BCUT2D eigenvalue weighted by atomic mass is 19.1. The van der Waals surface area contributed by atoms with E-state index < -0.39 is 22.7 Å². The molecule has 0 saturated heterocycles. The average Bonchev–Trinajstić information content (AvgIpc) is 2.53. The van der Waals surface area contributed by atoms with Gasteiger partial charge >= 0.3 is 0 Å². The van der Waals surface area contributed by atoms with Crippen molar-refractivity contribution in [2.24, 2.45) is 0 Å². The third kappa shape index (κ3) is 3.43. The summed E-state index contributed by atoms with van der Waals surface area (Å²) in [5.74, 6) is -1.08. The first-order valence-corrected chi connectivity index (χ1v) is 6.21. The second-order valence-electron chi connectivity index (χ2n) is 4.39. The smallest absolute Gasteiger partial charge is 0.270 e. The number of nitrogens with zero attached hydrogens (tertiary/aromatic N) is 2. The molecule has 0 unspecified atom stereocenters. The molecule has 0 radical (unpaired) electrons. The number of nitro groups is 1. The molecule has 7 heteroatoms. The van der Waals surface area contributed by atoms with Crippen molar-refractivity contribution in [2.45, 2.75) is 6.04 Å². The summed E-state index contributed by atoms with van der Waals surface area (Å²) in [6.07, 6.45) is 0. The number of benzene rings is 2. The molecule has 110 valence electrons. The molecular formula is C15H10FN3O3. The molecule has 0 heterocycles. The van der Waals surface area contributed by atoms with E-state index in [1.807, 2.05) is 6.07 Å². The quantitative estimate of drug-likeness (QED) is 0.693. The summed E-state index contributed by atoms with van der Waals surface area (Å²) >= 11 is 0. The summed E-state index contributed by atoms with van der Waals surface area (Å²) in [6, 6.07) is 11.2. The Morgan fingerprint density at radius 2 is 1.95 bits per heavy atom. The van der Waals surface area contributed by atoms with E-state index in [2.05, 4.69) is 5.32 Å². The Morgan fingerprint density at radius 1 is 1.27 bits per heavy atom. The lowest BCUT2D eigenvalue weighted by molar-refractivity contribution is -0.384. The molecular weight excluding hydrogens is 289 g/mol. The lowest BCUT2D eigenvalue weighted by atomic mass is 10.1. The molecule has 0 aromatic heterocycles. The van der Waals surface area contributed by atoms with Gasteiger partial charge in [0.2, 0.25) is 0 Å². The van der Waals surface area contributed by atoms with Gasteiger partial charge in [-0.15, -0.1) is 0 Å². The van der Waals surface area contributed by atoms with Crippen LogP contribution in [-0.4, -0.2) is 10.8 Å². The van der Waals surface area contributed by atoms with Crippen LogP contribution in [-0.2, 0) is 0 Å². The Bertz CT molecular complexity index is 753. The summed E-state index contributed by atoms with van der Waals surface area (Å²) in [5, 5.41) is 22.3. The van der Waals surface area contributed by atoms with E-state index in [1.54, 1.807) is 0 Å². The number of non-ortho nitro benzene ring substituents is 1. The van der Waals surface area contributed by atoms with E-state index in [0.29, 0.717) is 5.56 Å². The third-order valence-electron chi connectivity index (χ3n) is 2.93. The molecule has 2 aromatic rings. The number of amides is 1. The van der Waals surface area contributed by atoms with Crippen molar-refractivity contribution in [1.82, 2.24) is 5.32 Å². The molecule has 2 aromatic carbocycles. The van der Waals surface area contributed by atoms with Gasteiger partial charge in [-0.1, -0.05) is 18.2 Å². The fourth-order valence-corrected chi connectivity index (χ4v) is 1.82. The maximum atomic E-state index is 12.9. The van der Waals surface area contributed by atoms with Crippen molar-refractivity contribution in [1.29, 1.82) is 5.26 Å². The molecule has 0 saturated carbocycles. The number of hydrogen-bond acceptors (Lipinski definition) is 4. The molecule has 0 aliphatic rings. The molecule has 0 spiro atoms. The van der Waals surface area contributed by atoms with Gasteiger partial charge in [-0.2, -0.15) is 5.26 Å². The van der Waals surface area contributed by atoms with Crippen LogP contribution in [0.5, 0.6) is 0 Å². The van der Waals surface area contributed by atoms with Crippen LogP contribution in [0.2, 0.25) is 0 Å². The van der Waals surface area contributed by atoms with Gasteiger partial charge in [0.25, 0.3) is 11.6 Å². The van der Waals surface area contributed by atoms with Crippen molar-refractivity contribution < 1.29 is 14.1 Å². The molecule has 1 amide bonds. The monoisotopic (exact) mass is 299 g/mol. The maximum Gasteiger partial charge on any atom is 0.270 e. The fourth-order valence-electron chi connectivity index (χ4n) is 1.82. The zero-order chi connectivity index (χ0) is 16.1. The highest BCUT2D eigenvalue weighted by Gasteiger charge is 2.17. The molecule has 2 rings (SSSR count). The Labute approximate surface area is 125 Å².